The van der Waals surface area contributed by atoms with Crippen molar-refractivity contribution in [3.05, 3.63) is 42.0 Å². The van der Waals surface area contributed by atoms with Crippen LogP contribution >= 0.6 is 0 Å². The SMILES string of the molecule is Cc1ccc(N=Nc2ccc(N)cc2O)c(N)c1. The highest BCUT2D eigenvalue weighted by molar-refractivity contribution is 5.64. The number of nitrogens with two attached hydrogens (primary N) is 2. The maximum atomic E-state index is 9.62. The topological polar surface area (TPSA) is 97.0 Å². The van der Waals surface area contributed by atoms with Gasteiger partial charge in [0.25, 0.3) is 0 Å². The second kappa shape index (κ2) is 4.75. The molecule has 0 bridgehead atoms. The summed E-state index contributed by atoms with van der Waals surface area (Å²) in [7, 11) is 0. The molecular formula is C13H14N4O. The van der Waals surface area contributed by atoms with Gasteiger partial charge in [-0.25, -0.2) is 0 Å². The molecule has 0 saturated carbocycles. The number of phenols is 1. The number of hydrogen-bond acceptors (Lipinski definition) is 5. The van der Waals surface area contributed by atoms with Gasteiger partial charge in [0.1, 0.15) is 17.1 Å². The van der Waals surface area contributed by atoms with Crippen LogP contribution in [-0.2, 0) is 0 Å². The van der Waals surface area contributed by atoms with E-state index < -0.39 is 0 Å². The molecule has 2 rings (SSSR count). The van der Waals surface area contributed by atoms with Crippen LogP contribution in [0.3, 0.4) is 0 Å². The molecule has 0 saturated heterocycles. The van der Waals surface area contributed by atoms with E-state index >= 15 is 0 Å². The van der Waals surface area contributed by atoms with Gasteiger partial charge >= 0.3 is 0 Å². The van der Waals surface area contributed by atoms with Gasteiger partial charge in [-0.1, -0.05) is 6.07 Å². The lowest BCUT2D eigenvalue weighted by atomic mass is 10.2. The summed E-state index contributed by atoms with van der Waals surface area (Å²) in [6, 6.07) is 10.2. The van der Waals surface area contributed by atoms with Crippen LogP contribution < -0.4 is 11.5 Å². The van der Waals surface area contributed by atoms with Gasteiger partial charge < -0.3 is 16.6 Å². The third kappa shape index (κ3) is 2.57. The molecule has 2 aromatic carbocycles. The molecule has 0 aliphatic heterocycles. The maximum absolute atomic E-state index is 9.62. The molecule has 0 heterocycles. The normalized spacial score (nSPS) is 10.9. The number of anilines is 2. The molecule has 5 heteroatoms. The highest BCUT2D eigenvalue weighted by Gasteiger charge is 2.01. The van der Waals surface area contributed by atoms with Gasteiger partial charge in [-0.05, 0) is 36.8 Å². The second-order valence-electron chi connectivity index (χ2n) is 4.01. The fourth-order valence-corrected chi connectivity index (χ4v) is 1.50. The average molecular weight is 242 g/mol. The number of aryl methyl sites for hydroxylation is 1. The van der Waals surface area contributed by atoms with Crippen molar-refractivity contribution in [2.75, 3.05) is 11.5 Å². The van der Waals surface area contributed by atoms with Gasteiger partial charge in [0.15, 0.2) is 0 Å². The Hall–Kier alpha value is -2.56. The number of nitrogens with zero attached hydrogens (tertiary/aromatic N) is 2. The Labute approximate surface area is 105 Å². The van der Waals surface area contributed by atoms with Crippen molar-refractivity contribution < 1.29 is 5.11 Å². The fourth-order valence-electron chi connectivity index (χ4n) is 1.50. The first-order valence-electron chi connectivity index (χ1n) is 5.42. The number of benzene rings is 2. The van der Waals surface area contributed by atoms with E-state index in [0.717, 1.165) is 5.56 Å². The Bertz CT molecular complexity index is 554. The molecule has 92 valence electrons. The van der Waals surface area contributed by atoms with E-state index in [2.05, 4.69) is 10.2 Å². The molecule has 0 amide bonds. The van der Waals surface area contributed by atoms with Crippen molar-refractivity contribution >= 4 is 22.7 Å². The minimum atomic E-state index is -0.00978. The summed E-state index contributed by atoms with van der Waals surface area (Å²) >= 11 is 0. The van der Waals surface area contributed by atoms with Crippen LogP contribution in [-0.4, -0.2) is 5.11 Å². The van der Waals surface area contributed by atoms with E-state index in [9.17, 15) is 5.11 Å². The van der Waals surface area contributed by atoms with E-state index in [1.165, 1.54) is 6.07 Å². The number of phenolic OH excluding ortho intramolecular Hbond substituents is 1. The van der Waals surface area contributed by atoms with Gasteiger partial charge in [0.2, 0.25) is 0 Å². The number of azo groups is 1. The fraction of sp³-hybridized carbons (Fsp3) is 0.0769. The molecule has 0 aliphatic carbocycles. The monoisotopic (exact) mass is 242 g/mol. The Morgan fingerprint density at radius 2 is 1.61 bits per heavy atom. The lowest BCUT2D eigenvalue weighted by molar-refractivity contribution is 0.476. The average Bonchev–Trinajstić information content (AvgIpc) is 2.30. The number of nitrogen functional groups attached to an aromatic ring is 2. The third-order valence-corrected chi connectivity index (χ3v) is 2.45. The van der Waals surface area contributed by atoms with Gasteiger partial charge in [0, 0.05) is 11.8 Å². The van der Waals surface area contributed by atoms with Crippen molar-refractivity contribution in [1.29, 1.82) is 0 Å². The van der Waals surface area contributed by atoms with Gasteiger partial charge in [0.05, 0.1) is 5.69 Å². The lowest BCUT2D eigenvalue weighted by Gasteiger charge is -2.01. The van der Waals surface area contributed by atoms with Crippen LogP contribution in [0.15, 0.2) is 46.6 Å². The summed E-state index contributed by atoms with van der Waals surface area (Å²) in [6.45, 7) is 1.95. The van der Waals surface area contributed by atoms with Crippen molar-refractivity contribution in [1.82, 2.24) is 0 Å². The van der Waals surface area contributed by atoms with Crippen LogP contribution in [0.2, 0.25) is 0 Å². The van der Waals surface area contributed by atoms with Crippen molar-refractivity contribution in [2.24, 2.45) is 10.2 Å². The molecule has 0 radical (unpaired) electrons. The van der Waals surface area contributed by atoms with Crippen LogP contribution in [0.25, 0.3) is 0 Å². The molecule has 0 aromatic heterocycles. The van der Waals surface area contributed by atoms with E-state index in [4.69, 9.17) is 11.5 Å². The van der Waals surface area contributed by atoms with E-state index in [-0.39, 0.29) is 5.75 Å². The van der Waals surface area contributed by atoms with Crippen LogP contribution in [0.5, 0.6) is 5.75 Å². The highest BCUT2D eigenvalue weighted by atomic mass is 16.3. The van der Waals surface area contributed by atoms with Crippen molar-refractivity contribution in [3.63, 3.8) is 0 Å². The largest absolute Gasteiger partial charge is 0.506 e. The maximum Gasteiger partial charge on any atom is 0.145 e. The molecular weight excluding hydrogens is 228 g/mol. The number of aromatic hydroxyl groups is 1. The zero-order valence-corrected chi connectivity index (χ0v) is 9.96. The quantitative estimate of drug-likeness (QED) is 0.556. The van der Waals surface area contributed by atoms with Crippen LogP contribution in [0.1, 0.15) is 5.56 Å². The Balaban J connectivity index is 2.30. The number of hydrogen-bond donors (Lipinski definition) is 3. The summed E-state index contributed by atoms with van der Waals surface area (Å²) < 4.78 is 0. The molecule has 0 aliphatic rings. The minimum Gasteiger partial charge on any atom is -0.506 e. The summed E-state index contributed by atoms with van der Waals surface area (Å²) in [5, 5.41) is 17.6. The van der Waals surface area contributed by atoms with E-state index in [0.29, 0.717) is 22.7 Å². The molecule has 5 N–H and O–H groups in total. The first kappa shape index (κ1) is 11.9. The molecule has 0 fully saturated rings. The Morgan fingerprint density at radius 1 is 0.944 bits per heavy atom. The number of rotatable bonds is 2. The minimum absolute atomic E-state index is 0.00978. The molecule has 0 unspecified atom stereocenters. The summed E-state index contributed by atoms with van der Waals surface area (Å²) in [6.07, 6.45) is 0. The van der Waals surface area contributed by atoms with Crippen LogP contribution in [0, 0.1) is 6.92 Å². The zero-order valence-electron chi connectivity index (χ0n) is 9.96. The molecule has 2 aromatic rings. The Kier molecular flexibility index (Phi) is 3.14. The predicted octanol–water partition coefficient (Wildman–Crippen LogP) is 3.28. The van der Waals surface area contributed by atoms with E-state index in [1.807, 2.05) is 19.1 Å². The highest BCUT2D eigenvalue weighted by Crippen LogP contribution is 2.31. The lowest BCUT2D eigenvalue weighted by Crippen LogP contribution is -1.85. The van der Waals surface area contributed by atoms with Crippen molar-refractivity contribution in [3.8, 4) is 5.75 Å². The van der Waals surface area contributed by atoms with Gasteiger partial charge in [-0.15, -0.1) is 10.2 Å². The molecule has 5 nitrogen and oxygen atoms in total. The summed E-state index contributed by atoms with van der Waals surface area (Å²) in [4.78, 5) is 0. The predicted molar refractivity (Wildman–Crippen MR) is 72.3 cm³/mol. The molecule has 0 spiro atoms. The standard InChI is InChI=1S/C13H14N4O/c1-8-2-4-11(10(15)6-8)16-17-12-5-3-9(14)7-13(12)18/h2-7,18H,14-15H2,1H3. The zero-order chi connectivity index (χ0) is 13.1. The third-order valence-electron chi connectivity index (χ3n) is 2.45. The van der Waals surface area contributed by atoms with E-state index in [1.54, 1.807) is 18.2 Å². The molecule has 18 heavy (non-hydrogen) atoms. The first-order chi connectivity index (χ1) is 8.56. The van der Waals surface area contributed by atoms with Crippen molar-refractivity contribution in [2.45, 2.75) is 6.92 Å². The molecule has 0 atom stereocenters. The second-order valence-corrected chi connectivity index (χ2v) is 4.01. The van der Waals surface area contributed by atoms with Gasteiger partial charge in [-0.2, -0.15) is 0 Å². The first-order valence-corrected chi connectivity index (χ1v) is 5.42. The summed E-state index contributed by atoms with van der Waals surface area (Å²) in [5.41, 5.74) is 14.3. The summed E-state index contributed by atoms with van der Waals surface area (Å²) in [5.74, 6) is -0.00978. The Morgan fingerprint density at radius 3 is 2.28 bits per heavy atom. The van der Waals surface area contributed by atoms with Crippen LogP contribution in [0.4, 0.5) is 22.7 Å². The smallest absolute Gasteiger partial charge is 0.145 e. The van der Waals surface area contributed by atoms with Gasteiger partial charge in [-0.3, -0.25) is 0 Å².